The first-order valence-corrected chi connectivity index (χ1v) is 8.50. The summed E-state index contributed by atoms with van der Waals surface area (Å²) in [6, 6.07) is 4.78. The number of nitrogens with zero attached hydrogens (tertiary/aromatic N) is 3. The Kier molecular flexibility index (Phi) is 3.88. The van der Waals surface area contributed by atoms with E-state index < -0.39 is 34.1 Å². The first-order chi connectivity index (χ1) is 12.8. The van der Waals surface area contributed by atoms with E-state index in [9.17, 15) is 18.8 Å². The number of hydrogen-bond donors (Lipinski definition) is 3. The van der Waals surface area contributed by atoms with Gasteiger partial charge < -0.3 is 10.6 Å². The third-order valence-corrected chi connectivity index (χ3v) is 5.39. The molecule has 140 valence electrons. The van der Waals surface area contributed by atoms with E-state index in [4.69, 9.17) is 11.6 Å². The number of rotatable bonds is 5. The van der Waals surface area contributed by atoms with Crippen LogP contribution in [-0.2, 0) is 4.79 Å². The van der Waals surface area contributed by atoms with Crippen LogP contribution in [0.5, 0.6) is 0 Å². The predicted molar refractivity (Wildman–Crippen MR) is 90.9 cm³/mol. The molecule has 4 amide bonds. The Bertz CT molecular complexity index is 942. The molecule has 1 aromatic heterocycles. The molecule has 1 saturated heterocycles. The van der Waals surface area contributed by atoms with Crippen molar-refractivity contribution >= 4 is 29.4 Å². The topological polar surface area (TPSA) is 118 Å². The summed E-state index contributed by atoms with van der Waals surface area (Å²) >= 11 is 6.40. The summed E-state index contributed by atoms with van der Waals surface area (Å²) < 4.78 is 13.0. The van der Waals surface area contributed by atoms with Crippen molar-refractivity contribution in [1.82, 2.24) is 30.9 Å². The smallest absolute Gasteiger partial charge is 0.322 e. The highest BCUT2D eigenvalue weighted by atomic mass is 35.5. The molecular formula is C16H14ClFN6O3. The fraction of sp³-hybridized carbons (Fsp3) is 0.312. The Morgan fingerprint density at radius 2 is 2.00 bits per heavy atom. The van der Waals surface area contributed by atoms with Crippen LogP contribution in [0.4, 0.5) is 9.18 Å². The number of urea groups is 1. The Morgan fingerprint density at radius 3 is 2.59 bits per heavy atom. The van der Waals surface area contributed by atoms with E-state index in [-0.39, 0.29) is 12.2 Å². The van der Waals surface area contributed by atoms with E-state index in [1.165, 1.54) is 35.3 Å². The van der Waals surface area contributed by atoms with E-state index in [2.05, 4.69) is 26.1 Å². The van der Waals surface area contributed by atoms with Crippen molar-refractivity contribution in [3.63, 3.8) is 0 Å². The molecule has 11 heteroatoms. The maximum Gasteiger partial charge on any atom is 0.322 e. The molecule has 1 aliphatic carbocycles. The molecule has 27 heavy (non-hydrogen) atoms. The molecule has 1 saturated carbocycles. The van der Waals surface area contributed by atoms with Crippen LogP contribution in [0.15, 0.2) is 30.5 Å². The molecule has 2 aromatic rings. The fourth-order valence-corrected chi connectivity index (χ4v) is 3.29. The minimum Gasteiger partial charge on any atom is -0.348 e. The van der Waals surface area contributed by atoms with Gasteiger partial charge in [0, 0.05) is 0 Å². The summed E-state index contributed by atoms with van der Waals surface area (Å²) in [7, 11) is 0. The number of amides is 4. The van der Waals surface area contributed by atoms with Gasteiger partial charge in [-0.25, -0.2) is 9.18 Å². The van der Waals surface area contributed by atoms with Crippen LogP contribution in [0, 0.1) is 5.82 Å². The lowest BCUT2D eigenvalue weighted by Gasteiger charge is -2.30. The van der Waals surface area contributed by atoms with Crippen molar-refractivity contribution in [2.24, 2.45) is 0 Å². The lowest BCUT2D eigenvalue weighted by Crippen LogP contribution is -2.62. The highest BCUT2D eigenvalue weighted by molar-refractivity contribution is 6.30. The molecule has 0 radical (unpaired) electrons. The third-order valence-electron chi connectivity index (χ3n) is 4.69. The highest BCUT2D eigenvalue weighted by Gasteiger charge is 2.66. The Morgan fingerprint density at radius 1 is 1.30 bits per heavy atom. The number of carbonyl (C=O) groups excluding carboxylic acids is 3. The molecule has 3 N–H and O–H groups in total. The quantitative estimate of drug-likeness (QED) is 0.505. The van der Waals surface area contributed by atoms with Gasteiger partial charge in [-0.1, -0.05) is 0 Å². The summed E-state index contributed by atoms with van der Waals surface area (Å²) in [5.41, 5.74) is -0.931. The van der Waals surface area contributed by atoms with Gasteiger partial charge in [-0.3, -0.25) is 14.9 Å². The summed E-state index contributed by atoms with van der Waals surface area (Å²) in [5, 5.41) is 15.3. The molecule has 9 nitrogen and oxygen atoms in total. The zero-order valence-corrected chi connectivity index (χ0v) is 14.6. The van der Waals surface area contributed by atoms with E-state index in [0.717, 1.165) is 0 Å². The van der Waals surface area contributed by atoms with Gasteiger partial charge in [0.05, 0.1) is 23.3 Å². The van der Waals surface area contributed by atoms with Gasteiger partial charge in [0.1, 0.15) is 5.82 Å². The molecule has 1 unspecified atom stereocenters. The van der Waals surface area contributed by atoms with Crippen molar-refractivity contribution in [2.45, 2.75) is 23.3 Å². The Labute approximate surface area is 157 Å². The standard InChI is InChI=1S/C16H14ClFN6O3/c17-15(5-6-15)16(13(26)21-14(27)22-16)8-19-12(25)11-7-20-24(23-11)10-3-1-9(18)2-4-10/h1-4,7H,5-6,8H2,(H,19,25)(H2,21,22,26,27). The second-order valence-electron chi connectivity index (χ2n) is 6.46. The molecule has 2 fully saturated rings. The number of alkyl halides is 1. The molecular weight excluding hydrogens is 379 g/mol. The van der Waals surface area contributed by atoms with Crippen molar-refractivity contribution in [1.29, 1.82) is 0 Å². The first-order valence-electron chi connectivity index (χ1n) is 8.12. The molecule has 1 aliphatic heterocycles. The third kappa shape index (κ3) is 2.91. The minimum atomic E-state index is -1.41. The van der Waals surface area contributed by atoms with Gasteiger partial charge in [-0.2, -0.15) is 9.90 Å². The predicted octanol–water partition coefficient (Wildman–Crippen LogP) is 0.486. The van der Waals surface area contributed by atoms with Gasteiger partial charge in [-0.05, 0) is 37.1 Å². The minimum absolute atomic E-state index is 0.00127. The number of carbonyl (C=O) groups is 3. The van der Waals surface area contributed by atoms with E-state index >= 15 is 0 Å². The normalized spacial score (nSPS) is 22.9. The number of nitrogens with one attached hydrogen (secondary N) is 3. The van der Waals surface area contributed by atoms with E-state index in [1.807, 2.05) is 0 Å². The maximum absolute atomic E-state index is 13.0. The van der Waals surface area contributed by atoms with Crippen LogP contribution >= 0.6 is 11.6 Å². The average molecular weight is 393 g/mol. The lowest BCUT2D eigenvalue weighted by atomic mass is 9.92. The maximum atomic E-state index is 13.0. The van der Waals surface area contributed by atoms with Crippen molar-refractivity contribution < 1.29 is 18.8 Å². The van der Waals surface area contributed by atoms with Gasteiger partial charge in [0.25, 0.3) is 11.8 Å². The van der Waals surface area contributed by atoms with Crippen LogP contribution in [0.25, 0.3) is 5.69 Å². The molecule has 1 atom stereocenters. The molecule has 2 heterocycles. The number of halogens is 2. The summed E-state index contributed by atoms with van der Waals surface area (Å²) in [6.45, 7) is -0.184. The zero-order valence-electron chi connectivity index (χ0n) is 13.8. The molecule has 4 rings (SSSR count). The van der Waals surface area contributed by atoms with Gasteiger partial charge in [-0.15, -0.1) is 16.7 Å². The second-order valence-corrected chi connectivity index (χ2v) is 7.18. The van der Waals surface area contributed by atoms with Crippen LogP contribution in [0.2, 0.25) is 0 Å². The summed E-state index contributed by atoms with van der Waals surface area (Å²) in [5.74, 6) is -1.56. The Hall–Kier alpha value is -3.01. The van der Waals surface area contributed by atoms with Gasteiger partial charge in [0.2, 0.25) is 0 Å². The van der Waals surface area contributed by atoms with Crippen LogP contribution < -0.4 is 16.0 Å². The SMILES string of the molecule is O=C1NC(=O)C(CNC(=O)c2cnn(-c3ccc(F)cc3)n2)(C2(Cl)CC2)N1. The zero-order chi connectivity index (χ0) is 19.2. The molecule has 1 aromatic carbocycles. The highest BCUT2D eigenvalue weighted by Crippen LogP contribution is 2.51. The number of hydrogen-bond acceptors (Lipinski definition) is 5. The summed E-state index contributed by atoms with van der Waals surface area (Å²) in [4.78, 5) is 36.5. The largest absolute Gasteiger partial charge is 0.348 e. The van der Waals surface area contributed by atoms with Gasteiger partial charge in [0.15, 0.2) is 11.2 Å². The second kappa shape index (κ2) is 6.02. The van der Waals surface area contributed by atoms with Crippen LogP contribution in [0.3, 0.4) is 0 Å². The van der Waals surface area contributed by atoms with Crippen LogP contribution in [-0.4, -0.2) is 49.8 Å². The summed E-state index contributed by atoms with van der Waals surface area (Å²) in [6.07, 6.45) is 2.32. The number of imide groups is 1. The van der Waals surface area contributed by atoms with Crippen molar-refractivity contribution in [2.75, 3.05) is 6.54 Å². The van der Waals surface area contributed by atoms with E-state index in [1.54, 1.807) is 0 Å². The Balaban J connectivity index is 1.49. The first kappa shape index (κ1) is 17.4. The van der Waals surface area contributed by atoms with Crippen LogP contribution in [0.1, 0.15) is 23.3 Å². The monoisotopic (exact) mass is 392 g/mol. The number of aromatic nitrogens is 3. The van der Waals surface area contributed by atoms with E-state index in [0.29, 0.717) is 18.5 Å². The fourth-order valence-electron chi connectivity index (χ4n) is 3.00. The average Bonchev–Trinajstić information content (AvgIpc) is 3.08. The molecule has 0 bridgehead atoms. The van der Waals surface area contributed by atoms with Gasteiger partial charge >= 0.3 is 6.03 Å². The molecule has 2 aliphatic rings. The molecule has 0 spiro atoms. The lowest BCUT2D eigenvalue weighted by molar-refractivity contribution is -0.124. The van der Waals surface area contributed by atoms with Crippen molar-refractivity contribution in [3.05, 3.63) is 42.0 Å². The van der Waals surface area contributed by atoms with Crippen molar-refractivity contribution in [3.8, 4) is 5.69 Å². The number of benzene rings is 1.